The van der Waals surface area contributed by atoms with Crippen LogP contribution in [0.4, 0.5) is 5.69 Å². The van der Waals surface area contributed by atoms with Crippen molar-refractivity contribution < 1.29 is 19.3 Å². The summed E-state index contributed by atoms with van der Waals surface area (Å²) in [6, 6.07) is 18.0. The van der Waals surface area contributed by atoms with E-state index in [0.717, 1.165) is 5.56 Å². The van der Waals surface area contributed by atoms with Gasteiger partial charge in [0.2, 0.25) is 0 Å². The van der Waals surface area contributed by atoms with E-state index in [1.807, 2.05) is 36.5 Å². The van der Waals surface area contributed by atoms with Crippen molar-refractivity contribution in [1.82, 2.24) is 5.32 Å². The Morgan fingerprint density at radius 3 is 2.59 bits per heavy atom. The summed E-state index contributed by atoms with van der Waals surface area (Å²) < 4.78 is 5.22. The molecule has 29 heavy (non-hydrogen) atoms. The average molecular weight is 413 g/mol. The average Bonchev–Trinajstić information content (AvgIpc) is 3.25. The van der Waals surface area contributed by atoms with E-state index >= 15 is 0 Å². The molecule has 7 heteroatoms. The second kappa shape index (κ2) is 9.91. The van der Waals surface area contributed by atoms with Gasteiger partial charge in [-0.2, -0.15) is 0 Å². The zero-order valence-corrected chi connectivity index (χ0v) is 16.8. The van der Waals surface area contributed by atoms with Gasteiger partial charge in [-0.25, -0.2) is 0 Å². The Morgan fingerprint density at radius 2 is 1.83 bits per heavy atom. The summed E-state index contributed by atoms with van der Waals surface area (Å²) in [5.41, 5.74) is 1.83. The lowest BCUT2D eigenvalue weighted by Crippen LogP contribution is -2.86. The predicted octanol–water partition coefficient (Wildman–Crippen LogP) is 3.13. The molecule has 0 saturated heterocycles. The summed E-state index contributed by atoms with van der Waals surface area (Å²) in [4.78, 5) is 24.9. The second-order valence-corrected chi connectivity index (χ2v) is 7.01. The lowest BCUT2D eigenvalue weighted by atomic mass is 10.1. The van der Waals surface area contributed by atoms with Gasteiger partial charge in [0.25, 0.3) is 11.8 Å². The van der Waals surface area contributed by atoms with Gasteiger partial charge in [-0.05, 0) is 37.3 Å². The predicted molar refractivity (Wildman–Crippen MR) is 112 cm³/mol. The number of anilines is 1. The number of carbonyl (C=O) groups excluding carboxylic acids is 2. The first-order valence-electron chi connectivity index (χ1n) is 9.32. The van der Waals surface area contributed by atoms with Crippen LogP contribution in [0.15, 0.2) is 71.3 Å². The summed E-state index contributed by atoms with van der Waals surface area (Å²) in [6.45, 7) is 2.47. The third kappa shape index (κ3) is 5.70. The summed E-state index contributed by atoms with van der Waals surface area (Å²) in [5, 5.41) is 8.18. The van der Waals surface area contributed by atoms with Crippen LogP contribution in [0.2, 0.25) is 5.02 Å². The van der Waals surface area contributed by atoms with E-state index in [1.165, 1.54) is 0 Å². The molecule has 0 spiro atoms. The zero-order chi connectivity index (χ0) is 20.6. The van der Waals surface area contributed by atoms with E-state index in [0.29, 0.717) is 22.0 Å². The van der Waals surface area contributed by atoms with E-state index in [9.17, 15) is 9.59 Å². The van der Waals surface area contributed by atoms with Crippen molar-refractivity contribution in [2.45, 2.75) is 19.5 Å². The molecule has 3 aromatic rings. The molecule has 0 radical (unpaired) electrons. The van der Waals surface area contributed by atoms with E-state index in [4.69, 9.17) is 16.0 Å². The largest absolute Gasteiger partial charge is 0.467 e. The molecule has 150 valence electrons. The molecule has 3 rings (SSSR count). The second-order valence-electron chi connectivity index (χ2n) is 6.61. The van der Waals surface area contributed by atoms with Gasteiger partial charge >= 0.3 is 0 Å². The van der Waals surface area contributed by atoms with Gasteiger partial charge < -0.3 is 20.4 Å². The van der Waals surface area contributed by atoms with Crippen LogP contribution in [-0.2, 0) is 11.3 Å². The molecule has 0 aliphatic rings. The van der Waals surface area contributed by atoms with Gasteiger partial charge in [-0.15, -0.1) is 0 Å². The molecule has 2 aromatic carbocycles. The standard InChI is InChI=1S/C22H22ClN3O3/c1-15(17-8-2-4-10-19(17)23)24-14-21(27)26-20-11-5-3-9-18(20)22(28)25-13-16-7-6-12-29-16/h2-12,15,24H,13-14H2,1H3,(H,25,28)(H,26,27)/p+1/t15-/m0/s1. The van der Waals surface area contributed by atoms with Crippen molar-refractivity contribution in [3.8, 4) is 0 Å². The monoisotopic (exact) mass is 412 g/mol. The molecule has 0 fully saturated rings. The van der Waals surface area contributed by atoms with Crippen molar-refractivity contribution in [1.29, 1.82) is 0 Å². The van der Waals surface area contributed by atoms with Gasteiger partial charge in [0.15, 0.2) is 6.54 Å². The topological polar surface area (TPSA) is 88.0 Å². The molecule has 0 saturated carbocycles. The number of halogens is 1. The van der Waals surface area contributed by atoms with E-state index in [1.54, 1.807) is 42.7 Å². The highest BCUT2D eigenvalue weighted by Gasteiger charge is 2.17. The maximum atomic E-state index is 12.5. The van der Waals surface area contributed by atoms with E-state index < -0.39 is 0 Å². The number of amides is 2. The fourth-order valence-corrected chi connectivity index (χ4v) is 3.23. The first-order valence-corrected chi connectivity index (χ1v) is 9.69. The minimum absolute atomic E-state index is 0.0290. The number of rotatable bonds is 8. The Balaban J connectivity index is 1.57. The molecule has 1 atom stereocenters. The van der Waals surface area contributed by atoms with E-state index in [2.05, 4.69) is 10.6 Å². The van der Waals surface area contributed by atoms with Crippen LogP contribution in [-0.4, -0.2) is 18.4 Å². The van der Waals surface area contributed by atoms with Crippen LogP contribution in [0.3, 0.4) is 0 Å². The molecule has 0 aliphatic heterocycles. The van der Waals surface area contributed by atoms with Gasteiger partial charge in [0.1, 0.15) is 11.8 Å². The number of hydrogen-bond donors (Lipinski definition) is 3. The lowest BCUT2D eigenvalue weighted by Gasteiger charge is -2.14. The van der Waals surface area contributed by atoms with Crippen LogP contribution < -0.4 is 16.0 Å². The number of nitrogens with one attached hydrogen (secondary N) is 2. The number of hydrogen-bond acceptors (Lipinski definition) is 3. The van der Waals surface area contributed by atoms with Crippen molar-refractivity contribution in [2.75, 3.05) is 11.9 Å². The molecule has 2 amide bonds. The molecule has 6 nitrogen and oxygen atoms in total. The summed E-state index contributed by atoms with van der Waals surface area (Å²) in [6.07, 6.45) is 1.55. The Morgan fingerprint density at radius 1 is 1.07 bits per heavy atom. The summed E-state index contributed by atoms with van der Waals surface area (Å²) in [5.74, 6) is 0.170. The SMILES string of the molecule is C[C@H]([NH2+]CC(=O)Nc1ccccc1C(=O)NCc1ccco1)c1ccccc1Cl. The van der Waals surface area contributed by atoms with Crippen molar-refractivity contribution >= 4 is 29.1 Å². The molecular weight excluding hydrogens is 390 g/mol. The van der Waals surface area contributed by atoms with Crippen LogP contribution >= 0.6 is 11.6 Å². The van der Waals surface area contributed by atoms with Crippen LogP contribution in [0, 0.1) is 0 Å². The smallest absolute Gasteiger partial charge is 0.279 e. The Kier molecular flexibility index (Phi) is 7.05. The highest BCUT2D eigenvalue weighted by molar-refractivity contribution is 6.31. The first kappa shape index (κ1) is 20.6. The minimum atomic E-state index is -0.286. The summed E-state index contributed by atoms with van der Waals surface area (Å²) >= 11 is 6.21. The molecule has 1 aromatic heterocycles. The van der Waals surface area contributed by atoms with Gasteiger partial charge in [-0.3, -0.25) is 9.59 Å². The number of carbonyl (C=O) groups is 2. The number of para-hydroxylation sites is 1. The Hall–Kier alpha value is -3.09. The maximum absolute atomic E-state index is 12.5. The number of furan rings is 1. The molecule has 1 heterocycles. The van der Waals surface area contributed by atoms with Gasteiger partial charge in [0, 0.05) is 10.6 Å². The molecule has 0 unspecified atom stereocenters. The van der Waals surface area contributed by atoms with Crippen molar-refractivity contribution in [2.24, 2.45) is 0 Å². The zero-order valence-electron chi connectivity index (χ0n) is 16.0. The third-order valence-corrected chi connectivity index (χ3v) is 4.85. The number of benzene rings is 2. The molecule has 4 N–H and O–H groups in total. The van der Waals surface area contributed by atoms with Gasteiger partial charge in [0.05, 0.1) is 24.1 Å². The van der Waals surface area contributed by atoms with Crippen molar-refractivity contribution in [3.05, 3.63) is 88.8 Å². The summed E-state index contributed by atoms with van der Waals surface area (Å²) in [7, 11) is 0. The van der Waals surface area contributed by atoms with Crippen LogP contribution in [0.5, 0.6) is 0 Å². The normalized spacial score (nSPS) is 11.7. The Labute approximate surface area is 174 Å². The quantitative estimate of drug-likeness (QED) is 0.531. The first-order chi connectivity index (χ1) is 14.0. The fraction of sp³-hybridized carbons (Fsp3) is 0.182. The van der Waals surface area contributed by atoms with Gasteiger partial charge in [-0.1, -0.05) is 41.9 Å². The fourth-order valence-electron chi connectivity index (χ4n) is 2.92. The highest BCUT2D eigenvalue weighted by Crippen LogP contribution is 2.19. The third-order valence-electron chi connectivity index (χ3n) is 4.50. The molecule has 0 bridgehead atoms. The molecule has 0 aliphatic carbocycles. The van der Waals surface area contributed by atoms with Crippen LogP contribution in [0.1, 0.15) is 34.6 Å². The van der Waals surface area contributed by atoms with E-state index in [-0.39, 0.29) is 30.9 Å². The molecular formula is C22H23ClN3O3+. The number of quaternary nitrogens is 1. The Bertz CT molecular complexity index is 973. The minimum Gasteiger partial charge on any atom is -0.467 e. The lowest BCUT2D eigenvalue weighted by molar-refractivity contribution is -0.682. The van der Waals surface area contributed by atoms with Crippen molar-refractivity contribution in [3.63, 3.8) is 0 Å². The van der Waals surface area contributed by atoms with Crippen LogP contribution in [0.25, 0.3) is 0 Å². The highest BCUT2D eigenvalue weighted by atomic mass is 35.5. The number of nitrogens with two attached hydrogens (primary N) is 1. The maximum Gasteiger partial charge on any atom is 0.279 e.